The molecule has 1 atom stereocenters. The van der Waals surface area contributed by atoms with Crippen molar-refractivity contribution in [1.82, 2.24) is 9.80 Å². The van der Waals surface area contributed by atoms with Crippen LogP contribution in [-0.2, 0) is 0 Å². The van der Waals surface area contributed by atoms with Crippen LogP contribution in [0.5, 0.6) is 0 Å². The fraction of sp³-hybridized carbons (Fsp3) is 0.643. The summed E-state index contributed by atoms with van der Waals surface area (Å²) in [6.07, 6.45) is 2.27. The Morgan fingerprint density at radius 3 is 3.00 bits per heavy atom. The molecule has 2 rings (SSSR count). The van der Waals surface area contributed by atoms with E-state index >= 15 is 0 Å². The van der Waals surface area contributed by atoms with Crippen LogP contribution in [0.25, 0.3) is 0 Å². The number of rotatable bonds is 4. The first-order valence-electron chi connectivity index (χ1n) is 6.70. The standard InChI is InChI=1S/C14H22N2OS/c1-3-12-10-15(2)7-5-8-16(12)11-13(17)14-6-4-9-18-14/h4,6,9,12H,3,5,7-8,10-11H2,1-2H3. The van der Waals surface area contributed by atoms with Gasteiger partial charge < -0.3 is 4.90 Å². The largest absolute Gasteiger partial charge is 0.305 e. The van der Waals surface area contributed by atoms with Crippen molar-refractivity contribution >= 4 is 17.1 Å². The van der Waals surface area contributed by atoms with Crippen LogP contribution in [0.3, 0.4) is 0 Å². The van der Waals surface area contributed by atoms with E-state index in [2.05, 4.69) is 23.8 Å². The van der Waals surface area contributed by atoms with Crippen LogP contribution in [-0.4, -0.2) is 54.9 Å². The van der Waals surface area contributed by atoms with Crippen LogP contribution in [0.2, 0.25) is 0 Å². The van der Waals surface area contributed by atoms with Gasteiger partial charge in [-0.25, -0.2) is 0 Å². The molecule has 3 nitrogen and oxygen atoms in total. The van der Waals surface area contributed by atoms with E-state index in [1.54, 1.807) is 11.3 Å². The summed E-state index contributed by atoms with van der Waals surface area (Å²) in [5.74, 6) is 0.271. The van der Waals surface area contributed by atoms with Crippen molar-refractivity contribution in [2.75, 3.05) is 33.2 Å². The van der Waals surface area contributed by atoms with E-state index in [4.69, 9.17) is 0 Å². The van der Waals surface area contributed by atoms with E-state index in [-0.39, 0.29) is 5.78 Å². The average Bonchev–Trinajstić information content (AvgIpc) is 2.83. The quantitative estimate of drug-likeness (QED) is 0.782. The zero-order chi connectivity index (χ0) is 13.0. The molecule has 0 amide bonds. The second-order valence-electron chi connectivity index (χ2n) is 5.05. The van der Waals surface area contributed by atoms with Gasteiger partial charge in [0.05, 0.1) is 11.4 Å². The van der Waals surface area contributed by atoms with Gasteiger partial charge in [-0.15, -0.1) is 11.3 Å². The highest BCUT2D eigenvalue weighted by atomic mass is 32.1. The Bertz CT molecular complexity index is 377. The maximum atomic E-state index is 12.2. The molecule has 1 aliphatic rings. The first kappa shape index (κ1) is 13.7. The molecule has 0 saturated carbocycles. The van der Waals surface area contributed by atoms with Gasteiger partial charge in [-0.05, 0) is 37.9 Å². The molecule has 1 aliphatic heterocycles. The van der Waals surface area contributed by atoms with Crippen LogP contribution in [0.1, 0.15) is 29.4 Å². The van der Waals surface area contributed by atoms with Gasteiger partial charge in [-0.1, -0.05) is 13.0 Å². The molecule has 4 heteroatoms. The van der Waals surface area contributed by atoms with E-state index in [0.717, 1.165) is 37.4 Å². The number of hydrogen-bond acceptors (Lipinski definition) is 4. The Hall–Kier alpha value is -0.710. The molecule has 0 radical (unpaired) electrons. The number of ketones is 1. The summed E-state index contributed by atoms with van der Waals surface area (Å²) in [5, 5.41) is 1.97. The molecule has 100 valence electrons. The number of Topliss-reactive ketones (excluding diaryl/α,β-unsaturated/α-hetero) is 1. The molecular weight excluding hydrogens is 244 g/mol. The second kappa shape index (κ2) is 6.45. The van der Waals surface area contributed by atoms with Gasteiger partial charge in [0.15, 0.2) is 5.78 Å². The van der Waals surface area contributed by atoms with E-state index in [1.807, 2.05) is 17.5 Å². The molecular formula is C14H22N2OS. The summed E-state index contributed by atoms with van der Waals surface area (Å²) in [5.41, 5.74) is 0. The predicted octanol–water partition coefficient (Wildman–Crippen LogP) is 2.35. The fourth-order valence-corrected chi connectivity index (χ4v) is 3.24. The topological polar surface area (TPSA) is 23.6 Å². The molecule has 1 fully saturated rings. The van der Waals surface area contributed by atoms with Crippen LogP contribution >= 0.6 is 11.3 Å². The van der Waals surface area contributed by atoms with Gasteiger partial charge in [0.25, 0.3) is 0 Å². The maximum Gasteiger partial charge on any atom is 0.186 e. The van der Waals surface area contributed by atoms with Gasteiger partial charge in [0, 0.05) is 19.1 Å². The zero-order valence-corrected chi connectivity index (χ0v) is 12.1. The molecule has 0 N–H and O–H groups in total. The Balaban J connectivity index is 1.99. The summed E-state index contributed by atoms with van der Waals surface area (Å²) in [4.78, 5) is 17.8. The Kier molecular flexibility index (Phi) is 4.92. The lowest BCUT2D eigenvalue weighted by Crippen LogP contribution is -2.42. The molecule has 1 aromatic rings. The summed E-state index contributed by atoms with van der Waals surface area (Å²) >= 11 is 1.55. The predicted molar refractivity (Wildman–Crippen MR) is 76.4 cm³/mol. The fourth-order valence-electron chi connectivity index (χ4n) is 2.59. The molecule has 0 aromatic carbocycles. The lowest BCUT2D eigenvalue weighted by Gasteiger charge is -2.29. The number of hydrogen-bond donors (Lipinski definition) is 0. The first-order chi connectivity index (χ1) is 8.70. The lowest BCUT2D eigenvalue weighted by atomic mass is 10.1. The van der Waals surface area contributed by atoms with Crippen LogP contribution in [0.15, 0.2) is 17.5 Å². The highest BCUT2D eigenvalue weighted by Gasteiger charge is 2.24. The summed E-state index contributed by atoms with van der Waals surface area (Å²) in [6.45, 7) is 6.05. The van der Waals surface area contributed by atoms with Crippen molar-refractivity contribution in [2.24, 2.45) is 0 Å². The smallest absolute Gasteiger partial charge is 0.186 e. The van der Waals surface area contributed by atoms with Crippen molar-refractivity contribution in [3.8, 4) is 0 Å². The minimum absolute atomic E-state index is 0.271. The minimum atomic E-state index is 0.271. The molecule has 2 heterocycles. The average molecular weight is 266 g/mol. The molecule has 1 unspecified atom stereocenters. The van der Waals surface area contributed by atoms with Crippen molar-refractivity contribution < 1.29 is 4.79 Å². The number of carbonyl (C=O) groups excluding carboxylic acids is 1. The summed E-state index contributed by atoms with van der Waals surface area (Å²) < 4.78 is 0. The van der Waals surface area contributed by atoms with Gasteiger partial charge in [0.1, 0.15) is 0 Å². The number of nitrogens with zero attached hydrogens (tertiary/aromatic N) is 2. The lowest BCUT2D eigenvalue weighted by molar-refractivity contribution is 0.0892. The molecule has 0 bridgehead atoms. The van der Waals surface area contributed by atoms with Gasteiger partial charge >= 0.3 is 0 Å². The van der Waals surface area contributed by atoms with Crippen LogP contribution in [0.4, 0.5) is 0 Å². The summed E-state index contributed by atoms with van der Waals surface area (Å²) in [6, 6.07) is 4.39. The molecule has 1 aromatic heterocycles. The normalized spacial score (nSPS) is 22.9. The van der Waals surface area contributed by atoms with Gasteiger partial charge in [-0.3, -0.25) is 9.69 Å². The van der Waals surface area contributed by atoms with Gasteiger partial charge in [-0.2, -0.15) is 0 Å². The molecule has 0 spiro atoms. The third-order valence-electron chi connectivity index (χ3n) is 3.64. The maximum absolute atomic E-state index is 12.2. The van der Waals surface area contributed by atoms with Crippen molar-refractivity contribution in [3.63, 3.8) is 0 Å². The third-order valence-corrected chi connectivity index (χ3v) is 4.55. The van der Waals surface area contributed by atoms with Crippen LogP contribution < -0.4 is 0 Å². The monoisotopic (exact) mass is 266 g/mol. The second-order valence-corrected chi connectivity index (χ2v) is 6.00. The summed E-state index contributed by atoms with van der Waals surface area (Å²) in [7, 11) is 2.17. The molecule has 1 saturated heterocycles. The first-order valence-corrected chi connectivity index (χ1v) is 7.58. The Morgan fingerprint density at radius 1 is 1.50 bits per heavy atom. The van der Waals surface area contributed by atoms with E-state index in [0.29, 0.717) is 12.6 Å². The highest BCUT2D eigenvalue weighted by Crippen LogP contribution is 2.15. The minimum Gasteiger partial charge on any atom is -0.305 e. The number of thiophene rings is 1. The zero-order valence-electron chi connectivity index (χ0n) is 11.3. The van der Waals surface area contributed by atoms with E-state index in [9.17, 15) is 4.79 Å². The van der Waals surface area contributed by atoms with Crippen LogP contribution in [0, 0.1) is 0 Å². The van der Waals surface area contributed by atoms with Crippen molar-refractivity contribution in [3.05, 3.63) is 22.4 Å². The Morgan fingerprint density at radius 2 is 2.33 bits per heavy atom. The molecule has 0 aliphatic carbocycles. The van der Waals surface area contributed by atoms with Crippen molar-refractivity contribution in [2.45, 2.75) is 25.8 Å². The third kappa shape index (κ3) is 3.40. The highest BCUT2D eigenvalue weighted by molar-refractivity contribution is 7.12. The van der Waals surface area contributed by atoms with Crippen molar-refractivity contribution in [1.29, 1.82) is 0 Å². The van der Waals surface area contributed by atoms with E-state index < -0.39 is 0 Å². The Labute approximate surface area is 113 Å². The SMILES string of the molecule is CCC1CN(C)CCCN1CC(=O)c1cccs1. The molecule has 18 heavy (non-hydrogen) atoms. The number of likely N-dealkylation sites (N-methyl/N-ethyl adjacent to an activating group) is 1. The number of carbonyl (C=O) groups is 1. The van der Waals surface area contributed by atoms with Gasteiger partial charge in [0.2, 0.25) is 0 Å². The van der Waals surface area contributed by atoms with E-state index in [1.165, 1.54) is 0 Å².